The summed E-state index contributed by atoms with van der Waals surface area (Å²) in [6.07, 6.45) is 0. The number of hydrogen-bond donors (Lipinski definition) is 1. The van der Waals surface area contributed by atoms with Gasteiger partial charge in [0.2, 0.25) is 0 Å². The molecule has 0 aromatic carbocycles. The Kier molecular flexibility index (Phi) is 1.44. The summed E-state index contributed by atoms with van der Waals surface area (Å²) in [6, 6.07) is -0.970. The van der Waals surface area contributed by atoms with Crippen molar-refractivity contribution in [2.45, 2.75) is 12.0 Å². The molecule has 0 saturated carbocycles. The van der Waals surface area contributed by atoms with E-state index in [0.717, 1.165) is 0 Å². The van der Waals surface area contributed by atoms with Crippen molar-refractivity contribution in [3.05, 3.63) is 0 Å². The van der Waals surface area contributed by atoms with E-state index in [1.165, 1.54) is 4.90 Å². The summed E-state index contributed by atoms with van der Waals surface area (Å²) < 4.78 is 24.8. The molecule has 0 spiro atoms. The van der Waals surface area contributed by atoms with Gasteiger partial charge >= 0.3 is 0 Å². The average Bonchev–Trinajstić information content (AvgIpc) is 1.79. The maximum absolute atomic E-state index is 12.4. The van der Waals surface area contributed by atoms with Crippen LogP contribution in [0.3, 0.4) is 0 Å². The van der Waals surface area contributed by atoms with Crippen molar-refractivity contribution in [3.8, 4) is 0 Å². The predicted molar refractivity (Wildman–Crippen MR) is 30.4 cm³/mol. The molecule has 0 aromatic heterocycles. The lowest BCUT2D eigenvalue weighted by Crippen LogP contribution is -2.38. The van der Waals surface area contributed by atoms with Crippen molar-refractivity contribution in [3.63, 3.8) is 0 Å². The molecule has 1 unspecified atom stereocenters. The van der Waals surface area contributed by atoms with E-state index in [-0.39, 0.29) is 6.54 Å². The Morgan fingerprint density at radius 3 is 2.33 bits per heavy atom. The second kappa shape index (κ2) is 1.88. The largest absolute Gasteiger partial charge is 0.322 e. The van der Waals surface area contributed by atoms with Crippen LogP contribution in [-0.4, -0.2) is 37.0 Å². The fraction of sp³-hybridized carbons (Fsp3) is 1.00. The zero-order chi connectivity index (χ0) is 7.07. The minimum absolute atomic E-state index is 0.200. The van der Waals surface area contributed by atoms with Gasteiger partial charge in [0.15, 0.2) is 0 Å². The molecule has 1 heterocycles. The van der Waals surface area contributed by atoms with Gasteiger partial charge in [-0.2, -0.15) is 0 Å². The lowest BCUT2D eigenvalue weighted by Gasteiger charge is -2.11. The third kappa shape index (κ3) is 1.19. The third-order valence-electron chi connectivity index (χ3n) is 1.53. The van der Waals surface area contributed by atoms with Gasteiger partial charge < -0.3 is 5.73 Å². The van der Waals surface area contributed by atoms with Gasteiger partial charge in [0.25, 0.3) is 5.92 Å². The molecule has 0 amide bonds. The molecule has 2 N–H and O–H groups in total. The summed E-state index contributed by atoms with van der Waals surface area (Å²) in [5.74, 6) is -2.67. The maximum Gasteiger partial charge on any atom is 0.276 e. The second-order valence-electron chi connectivity index (χ2n) is 2.56. The Morgan fingerprint density at radius 1 is 1.67 bits per heavy atom. The maximum atomic E-state index is 12.4. The van der Waals surface area contributed by atoms with Crippen LogP contribution in [-0.2, 0) is 0 Å². The first kappa shape index (κ1) is 6.89. The number of nitrogens with two attached hydrogens (primary N) is 1. The highest BCUT2D eigenvalue weighted by molar-refractivity contribution is 4.91. The van der Waals surface area contributed by atoms with Crippen LogP contribution in [0.2, 0.25) is 0 Å². The first-order valence-corrected chi connectivity index (χ1v) is 2.84. The Morgan fingerprint density at radius 2 is 2.22 bits per heavy atom. The van der Waals surface area contributed by atoms with Gasteiger partial charge in [0, 0.05) is 6.54 Å². The Bertz CT molecular complexity index is 116. The molecular formula is C5H10F2N2. The first-order chi connectivity index (χ1) is 4.02. The van der Waals surface area contributed by atoms with Crippen LogP contribution in [0.4, 0.5) is 8.78 Å². The molecule has 0 radical (unpaired) electrons. The fourth-order valence-corrected chi connectivity index (χ4v) is 1.01. The van der Waals surface area contributed by atoms with E-state index in [2.05, 4.69) is 0 Å². The van der Waals surface area contributed by atoms with Crippen LogP contribution in [0.25, 0.3) is 0 Å². The van der Waals surface area contributed by atoms with Crippen LogP contribution in [0.1, 0.15) is 0 Å². The van der Waals surface area contributed by atoms with Gasteiger partial charge in [-0.1, -0.05) is 0 Å². The predicted octanol–water partition coefficient (Wildman–Crippen LogP) is -0.106. The molecule has 0 aliphatic carbocycles. The Labute approximate surface area is 52.6 Å². The molecule has 1 fully saturated rings. The summed E-state index contributed by atoms with van der Waals surface area (Å²) in [4.78, 5) is 1.53. The molecule has 9 heavy (non-hydrogen) atoms. The number of likely N-dealkylation sites (tertiary alicyclic amines) is 1. The van der Waals surface area contributed by atoms with E-state index in [1.54, 1.807) is 7.05 Å². The Balaban J connectivity index is 2.58. The van der Waals surface area contributed by atoms with Crippen LogP contribution in [0.5, 0.6) is 0 Å². The van der Waals surface area contributed by atoms with Gasteiger partial charge in [-0.15, -0.1) is 0 Å². The number of likely N-dealkylation sites (N-methyl/N-ethyl adjacent to an activating group) is 1. The summed E-state index contributed by atoms with van der Waals surface area (Å²) in [5, 5.41) is 0. The van der Waals surface area contributed by atoms with Gasteiger partial charge in [-0.25, -0.2) is 8.78 Å². The summed E-state index contributed by atoms with van der Waals surface area (Å²) in [6.45, 7) is 0.0984. The smallest absolute Gasteiger partial charge is 0.276 e. The molecule has 2 nitrogen and oxygen atoms in total. The van der Waals surface area contributed by atoms with E-state index < -0.39 is 12.0 Å². The highest BCUT2D eigenvalue weighted by atomic mass is 19.3. The van der Waals surface area contributed by atoms with Gasteiger partial charge in [0.05, 0.1) is 12.6 Å². The van der Waals surface area contributed by atoms with Crippen LogP contribution in [0, 0.1) is 0 Å². The molecule has 0 bridgehead atoms. The van der Waals surface area contributed by atoms with Crippen molar-refractivity contribution in [1.82, 2.24) is 4.90 Å². The normalized spacial score (nSPS) is 35.3. The van der Waals surface area contributed by atoms with Crippen molar-refractivity contribution in [2.75, 3.05) is 20.1 Å². The molecule has 1 atom stereocenters. The molecule has 1 saturated heterocycles. The highest BCUT2D eigenvalue weighted by Gasteiger charge is 2.44. The number of nitrogens with zero attached hydrogens (tertiary/aromatic N) is 1. The molecule has 54 valence electrons. The standard InChI is InChI=1S/C5H10F2N2/c1-9-2-4(8)5(6,7)3-9/h4H,2-3,8H2,1H3. The summed E-state index contributed by atoms with van der Waals surface area (Å²) >= 11 is 0. The third-order valence-corrected chi connectivity index (χ3v) is 1.53. The highest BCUT2D eigenvalue weighted by Crippen LogP contribution is 2.24. The molecule has 0 aromatic rings. The minimum Gasteiger partial charge on any atom is -0.322 e. The first-order valence-electron chi connectivity index (χ1n) is 2.84. The molecule has 1 rings (SSSR count). The van der Waals surface area contributed by atoms with Crippen LogP contribution in [0.15, 0.2) is 0 Å². The molecule has 1 aliphatic heterocycles. The number of halogens is 2. The fourth-order valence-electron chi connectivity index (χ4n) is 1.01. The van der Waals surface area contributed by atoms with Crippen LogP contribution < -0.4 is 5.73 Å². The van der Waals surface area contributed by atoms with Crippen molar-refractivity contribution in [2.24, 2.45) is 5.73 Å². The number of rotatable bonds is 0. The van der Waals surface area contributed by atoms with E-state index in [0.29, 0.717) is 6.54 Å². The van der Waals surface area contributed by atoms with Gasteiger partial charge in [-0.3, -0.25) is 4.90 Å². The minimum atomic E-state index is -2.67. The monoisotopic (exact) mass is 136 g/mol. The van der Waals surface area contributed by atoms with E-state index in [4.69, 9.17) is 5.73 Å². The van der Waals surface area contributed by atoms with E-state index >= 15 is 0 Å². The molecule has 1 aliphatic rings. The summed E-state index contributed by atoms with van der Waals surface area (Å²) in [7, 11) is 1.64. The lowest BCUT2D eigenvalue weighted by molar-refractivity contribution is 0.000960. The van der Waals surface area contributed by atoms with Crippen molar-refractivity contribution in [1.29, 1.82) is 0 Å². The summed E-state index contributed by atoms with van der Waals surface area (Å²) in [5.41, 5.74) is 5.11. The van der Waals surface area contributed by atoms with Gasteiger partial charge in [0.1, 0.15) is 0 Å². The Hall–Kier alpha value is -0.220. The van der Waals surface area contributed by atoms with Gasteiger partial charge in [-0.05, 0) is 7.05 Å². The lowest BCUT2D eigenvalue weighted by atomic mass is 10.2. The number of hydrogen-bond acceptors (Lipinski definition) is 2. The van der Waals surface area contributed by atoms with Crippen molar-refractivity contribution < 1.29 is 8.78 Å². The van der Waals surface area contributed by atoms with Crippen molar-refractivity contribution >= 4 is 0 Å². The topological polar surface area (TPSA) is 29.3 Å². The number of alkyl halides is 2. The molecule has 4 heteroatoms. The zero-order valence-electron chi connectivity index (χ0n) is 5.27. The second-order valence-corrected chi connectivity index (χ2v) is 2.56. The van der Waals surface area contributed by atoms with E-state index in [1.807, 2.05) is 0 Å². The zero-order valence-corrected chi connectivity index (χ0v) is 5.27. The SMILES string of the molecule is CN1CC(N)C(F)(F)C1. The molecular weight excluding hydrogens is 126 g/mol. The average molecular weight is 136 g/mol. The quantitative estimate of drug-likeness (QED) is 0.503. The van der Waals surface area contributed by atoms with Crippen LogP contribution >= 0.6 is 0 Å². The van der Waals surface area contributed by atoms with E-state index in [9.17, 15) is 8.78 Å².